The van der Waals surface area contributed by atoms with Crippen LogP contribution in [-0.4, -0.2) is 59.7 Å². The van der Waals surface area contributed by atoms with Crippen LogP contribution in [-0.2, 0) is 16.0 Å². The number of carbonyl (C=O) groups excluding carboxylic acids is 3. The largest absolute Gasteiger partial charge is 0.459 e. The Labute approximate surface area is 195 Å². The highest BCUT2D eigenvalue weighted by atomic mass is 16.3. The van der Waals surface area contributed by atoms with Gasteiger partial charge in [-0.25, -0.2) is 0 Å². The Hall–Kier alpha value is -3.09. The van der Waals surface area contributed by atoms with Gasteiger partial charge in [-0.3, -0.25) is 14.4 Å². The normalized spacial score (nSPS) is 20.3. The predicted octanol–water partition coefficient (Wildman–Crippen LogP) is 3.12. The summed E-state index contributed by atoms with van der Waals surface area (Å²) in [6.45, 7) is 4.95. The summed E-state index contributed by atoms with van der Waals surface area (Å²) in [6.07, 6.45) is 5.42. The van der Waals surface area contributed by atoms with Gasteiger partial charge in [-0.15, -0.1) is 0 Å². The lowest BCUT2D eigenvalue weighted by Crippen LogP contribution is -2.53. The van der Waals surface area contributed by atoms with Crippen molar-refractivity contribution in [3.63, 3.8) is 0 Å². The molecule has 0 aliphatic carbocycles. The van der Waals surface area contributed by atoms with E-state index in [0.29, 0.717) is 38.3 Å². The van der Waals surface area contributed by atoms with E-state index >= 15 is 0 Å². The summed E-state index contributed by atoms with van der Waals surface area (Å²) < 4.78 is 5.20. The van der Waals surface area contributed by atoms with Gasteiger partial charge in [0.15, 0.2) is 5.76 Å². The molecule has 0 bridgehead atoms. The van der Waals surface area contributed by atoms with Crippen molar-refractivity contribution in [2.75, 3.05) is 26.2 Å². The Balaban J connectivity index is 1.38. The van der Waals surface area contributed by atoms with Crippen LogP contribution >= 0.6 is 0 Å². The lowest BCUT2D eigenvalue weighted by molar-refractivity contribution is -0.142. The average molecular weight is 452 g/mol. The van der Waals surface area contributed by atoms with Crippen molar-refractivity contribution in [1.29, 1.82) is 0 Å². The highest BCUT2D eigenvalue weighted by Crippen LogP contribution is 2.24. The van der Waals surface area contributed by atoms with Crippen LogP contribution in [0.2, 0.25) is 0 Å². The Bertz CT molecular complexity index is 936. The van der Waals surface area contributed by atoms with Gasteiger partial charge in [0.05, 0.1) is 6.26 Å². The molecule has 2 aromatic rings. The summed E-state index contributed by atoms with van der Waals surface area (Å²) in [7, 11) is 0. The highest BCUT2D eigenvalue weighted by Gasteiger charge is 2.34. The topological polar surface area (TPSA) is 82.9 Å². The average Bonchev–Trinajstić information content (AvgIpc) is 3.39. The molecule has 176 valence electrons. The molecular weight excluding hydrogens is 418 g/mol. The minimum absolute atomic E-state index is 0.0235. The molecule has 0 saturated carbocycles. The smallest absolute Gasteiger partial charge is 0.287 e. The maximum absolute atomic E-state index is 13.4. The summed E-state index contributed by atoms with van der Waals surface area (Å²) in [5.74, 6) is 0.432. The molecule has 33 heavy (non-hydrogen) atoms. The zero-order valence-corrected chi connectivity index (χ0v) is 19.2. The first kappa shape index (κ1) is 23.1. The first-order valence-corrected chi connectivity index (χ1v) is 12.0. The van der Waals surface area contributed by atoms with Gasteiger partial charge in [0.2, 0.25) is 11.8 Å². The highest BCUT2D eigenvalue weighted by molar-refractivity contribution is 5.95. The van der Waals surface area contributed by atoms with Crippen molar-refractivity contribution in [1.82, 2.24) is 15.1 Å². The van der Waals surface area contributed by atoms with Gasteiger partial charge in [0.25, 0.3) is 5.91 Å². The van der Waals surface area contributed by atoms with E-state index in [4.69, 9.17) is 4.42 Å². The predicted molar refractivity (Wildman–Crippen MR) is 124 cm³/mol. The minimum atomic E-state index is -0.694. The van der Waals surface area contributed by atoms with Gasteiger partial charge >= 0.3 is 0 Å². The quantitative estimate of drug-likeness (QED) is 0.732. The number of amides is 3. The van der Waals surface area contributed by atoms with Crippen molar-refractivity contribution in [2.45, 2.75) is 45.1 Å². The maximum atomic E-state index is 13.4. The number of likely N-dealkylation sites (tertiary alicyclic amines) is 2. The van der Waals surface area contributed by atoms with Crippen molar-refractivity contribution in [2.24, 2.45) is 11.8 Å². The van der Waals surface area contributed by atoms with Crippen LogP contribution in [0.1, 0.15) is 48.7 Å². The third-order valence-electron chi connectivity index (χ3n) is 6.76. The molecule has 2 atom stereocenters. The Kier molecular flexibility index (Phi) is 7.47. The van der Waals surface area contributed by atoms with Gasteiger partial charge < -0.3 is 19.5 Å². The summed E-state index contributed by atoms with van der Waals surface area (Å²) >= 11 is 0. The number of carbonyl (C=O) groups is 3. The van der Waals surface area contributed by atoms with Crippen molar-refractivity contribution >= 4 is 17.7 Å². The molecule has 4 rings (SSSR count). The van der Waals surface area contributed by atoms with Crippen LogP contribution in [0.5, 0.6) is 0 Å². The van der Waals surface area contributed by atoms with Crippen LogP contribution in [0.3, 0.4) is 0 Å². The SMILES string of the molecule is CC1CCCN(C(=O)C2CCN(C(=O)C(Cc3ccccc3)NC(=O)c3ccco3)CC2)C1. The molecule has 3 amide bonds. The van der Waals surface area contributed by atoms with Crippen LogP contribution in [0.15, 0.2) is 53.1 Å². The molecule has 7 heteroatoms. The van der Waals surface area contributed by atoms with Gasteiger partial charge in [-0.05, 0) is 49.3 Å². The van der Waals surface area contributed by atoms with E-state index in [2.05, 4.69) is 12.2 Å². The van der Waals surface area contributed by atoms with Crippen LogP contribution in [0.4, 0.5) is 0 Å². The molecule has 2 aliphatic rings. The first-order chi connectivity index (χ1) is 16.0. The summed E-state index contributed by atoms with van der Waals surface area (Å²) in [4.78, 5) is 42.8. The number of piperidine rings is 2. The van der Waals surface area contributed by atoms with Crippen molar-refractivity contribution < 1.29 is 18.8 Å². The third kappa shape index (κ3) is 5.83. The number of benzene rings is 1. The van der Waals surface area contributed by atoms with E-state index < -0.39 is 11.9 Å². The molecule has 0 spiro atoms. The van der Waals surface area contributed by atoms with E-state index in [1.54, 1.807) is 17.0 Å². The number of nitrogens with zero attached hydrogens (tertiary/aromatic N) is 2. The molecule has 3 heterocycles. The summed E-state index contributed by atoms with van der Waals surface area (Å²) in [6, 6.07) is 12.2. The minimum Gasteiger partial charge on any atom is -0.459 e. The van der Waals surface area contributed by atoms with Gasteiger partial charge in [0, 0.05) is 38.5 Å². The van der Waals surface area contributed by atoms with Crippen LogP contribution < -0.4 is 5.32 Å². The molecule has 0 radical (unpaired) electrons. The second-order valence-electron chi connectivity index (χ2n) is 9.32. The number of nitrogens with one attached hydrogen (secondary N) is 1. The van der Waals surface area contributed by atoms with Gasteiger partial charge in [-0.1, -0.05) is 37.3 Å². The van der Waals surface area contributed by atoms with Crippen molar-refractivity contribution in [3.05, 3.63) is 60.1 Å². The van der Waals surface area contributed by atoms with Gasteiger partial charge in [0.1, 0.15) is 6.04 Å². The van der Waals surface area contributed by atoms with Gasteiger partial charge in [-0.2, -0.15) is 0 Å². The lowest BCUT2D eigenvalue weighted by atomic mass is 9.92. The van der Waals surface area contributed by atoms with Crippen molar-refractivity contribution in [3.8, 4) is 0 Å². The fraction of sp³-hybridized carbons (Fsp3) is 0.500. The van der Waals surface area contributed by atoms with E-state index in [-0.39, 0.29) is 23.5 Å². The van der Waals surface area contributed by atoms with Crippen LogP contribution in [0.25, 0.3) is 0 Å². The molecule has 2 aliphatic heterocycles. The van der Waals surface area contributed by atoms with E-state index in [1.807, 2.05) is 35.2 Å². The second-order valence-corrected chi connectivity index (χ2v) is 9.32. The molecule has 2 unspecified atom stereocenters. The zero-order valence-electron chi connectivity index (χ0n) is 19.2. The number of hydrogen-bond donors (Lipinski definition) is 1. The summed E-state index contributed by atoms with van der Waals surface area (Å²) in [5, 5.41) is 2.86. The zero-order chi connectivity index (χ0) is 23.2. The fourth-order valence-corrected chi connectivity index (χ4v) is 4.90. The Morgan fingerprint density at radius 2 is 1.76 bits per heavy atom. The first-order valence-electron chi connectivity index (χ1n) is 12.0. The molecule has 1 N–H and O–H groups in total. The van der Waals surface area contributed by atoms with E-state index in [9.17, 15) is 14.4 Å². The Morgan fingerprint density at radius 3 is 2.42 bits per heavy atom. The molecule has 7 nitrogen and oxygen atoms in total. The molecule has 1 aromatic carbocycles. The van der Waals surface area contributed by atoms with E-state index in [1.165, 1.54) is 12.7 Å². The molecule has 1 aromatic heterocycles. The standard InChI is InChI=1S/C26H33N3O4/c1-19-7-5-13-29(18-19)25(31)21-11-14-28(15-12-21)26(32)22(17-20-8-3-2-4-9-20)27-24(30)23-10-6-16-33-23/h2-4,6,8-10,16,19,21-22H,5,7,11-15,17-18H2,1H3,(H,27,30). The molecular formula is C26H33N3O4. The van der Waals surface area contributed by atoms with Crippen LogP contribution in [0, 0.1) is 11.8 Å². The lowest BCUT2D eigenvalue weighted by Gasteiger charge is -2.38. The number of furan rings is 1. The molecule has 2 saturated heterocycles. The third-order valence-corrected chi connectivity index (χ3v) is 6.76. The number of rotatable bonds is 6. The monoisotopic (exact) mass is 451 g/mol. The maximum Gasteiger partial charge on any atom is 0.287 e. The fourth-order valence-electron chi connectivity index (χ4n) is 4.90. The second kappa shape index (κ2) is 10.7. The Morgan fingerprint density at radius 1 is 1.00 bits per heavy atom. The number of hydrogen-bond acceptors (Lipinski definition) is 4. The molecule has 2 fully saturated rings. The van der Waals surface area contributed by atoms with E-state index in [0.717, 1.165) is 25.1 Å². The summed E-state index contributed by atoms with van der Waals surface area (Å²) in [5.41, 5.74) is 0.972.